The number of urea groups is 1. The van der Waals surface area contributed by atoms with Crippen LogP contribution >= 0.6 is 0 Å². The van der Waals surface area contributed by atoms with Gasteiger partial charge in [0.05, 0.1) is 7.11 Å². The van der Waals surface area contributed by atoms with Gasteiger partial charge in [0, 0.05) is 38.6 Å². The van der Waals surface area contributed by atoms with E-state index in [9.17, 15) is 9.59 Å². The number of methoxy groups -OCH3 is 1. The van der Waals surface area contributed by atoms with E-state index >= 15 is 0 Å². The molecule has 0 bridgehead atoms. The number of allylic oxidation sites excluding steroid dienone is 1. The van der Waals surface area contributed by atoms with Crippen molar-refractivity contribution in [1.29, 1.82) is 0 Å². The Morgan fingerprint density at radius 2 is 2.00 bits per heavy atom. The maximum atomic E-state index is 12.3. The number of fused-ring (bicyclic) bond motifs is 3. The van der Waals surface area contributed by atoms with E-state index in [1.54, 1.807) is 14.2 Å². The first-order valence-electron chi connectivity index (χ1n) is 9.23. The molecule has 4 rings (SSSR count). The first-order valence-corrected chi connectivity index (χ1v) is 9.23. The summed E-state index contributed by atoms with van der Waals surface area (Å²) in [5, 5.41) is 5.81. The van der Waals surface area contributed by atoms with Crippen molar-refractivity contribution in [2.45, 2.75) is 25.7 Å². The molecule has 3 heterocycles. The van der Waals surface area contributed by atoms with Gasteiger partial charge >= 0.3 is 6.03 Å². The standard InChI is InChI=1S/C19H24N6O3/c1-12-11-25-15-16(23(2)19(27)22-17(15)26)21-18(25)24(12)9-8-20-10-13-4-6-14(28-3)7-5-13/h4-7,11,15-16,20H,8-10H2,1-3H3,(H,22,26,27). The molecule has 0 saturated carbocycles. The van der Waals surface area contributed by atoms with Crippen LogP contribution in [0, 0.1) is 0 Å². The van der Waals surface area contributed by atoms with Gasteiger partial charge in [0.2, 0.25) is 5.96 Å². The Morgan fingerprint density at radius 1 is 1.25 bits per heavy atom. The summed E-state index contributed by atoms with van der Waals surface area (Å²) >= 11 is 0. The Hall–Kier alpha value is -3.07. The number of rotatable bonds is 6. The lowest BCUT2D eigenvalue weighted by molar-refractivity contribution is -0.126. The number of aliphatic imine (C=N–C) groups is 1. The van der Waals surface area contributed by atoms with E-state index in [-0.39, 0.29) is 5.91 Å². The lowest BCUT2D eigenvalue weighted by atomic mass is 10.1. The van der Waals surface area contributed by atoms with Crippen molar-refractivity contribution in [2.24, 2.45) is 4.99 Å². The summed E-state index contributed by atoms with van der Waals surface area (Å²) in [6, 6.07) is 7.03. The minimum Gasteiger partial charge on any atom is -0.497 e. The highest BCUT2D eigenvalue weighted by Gasteiger charge is 2.51. The summed E-state index contributed by atoms with van der Waals surface area (Å²) in [4.78, 5) is 34.2. The number of imide groups is 1. The zero-order chi connectivity index (χ0) is 19.8. The van der Waals surface area contributed by atoms with Crippen molar-refractivity contribution in [3.63, 3.8) is 0 Å². The first-order chi connectivity index (χ1) is 13.5. The fourth-order valence-electron chi connectivity index (χ4n) is 3.69. The smallest absolute Gasteiger partial charge is 0.325 e. The number of nitrogens with zero attached hydrogens (tertiary/aromatic N) is 4. The lowest BCUT2D eigenvalue weighted by Crippen LogP contribution is -2.62. The van der Waals surface area contributed by atoms with E-state index in [4.69, 9.17) is 4.74 Å². The topological polar surface area (TPSA) is 89.5 Å². The molecule has 3 amide bonds. The number of nitrogens with one attached hydrogen (secondary N) is 2. The Labute approximate surface area is 163 Å². The highest BCUT2D eigenvalue weighted by Crippen LogP contribution is 2.31. The van der Waals surface area contributed by atoms with Crippen molar-refractivity contribution in [1.82, 2.24) is 25.3 Å². The van der Waals surface area contributed by atoms with Crippen LogP contribution in [0.1, 0.15) is 12.5 Å². The first kappa shape index (κ1) is 18.3. The number of hydrogen-bond donors (Lipinski definition) is 2. The lowest BCUT2D eigenvalue weighted by Gasteiger charge is -2.34. The predicted molar refractivity (Wildman–Crippen MR) is 103 cm³/mol. The Morgan fingerprint density at radius 3 is 2.71 bits per heavy atom. The Kier molecular flexibility index (Phi) is 4.68. The van der Waals surface area contributed by atoms with Gasteiger partial charge < -0.3 is 24.8 Å². The largest absolute Gasteiger partial charge is 0.497 e. The van der Waals surface area contributed by atoms with Gasteiger partial charge in [-0.05, 0) is 24.6 Å². The number of carbonyl (C=O) groups is 2. The monoisotopic (exact) mass is 384 g/mol. The van der Waals surface area contributed by atoms with Gasteiger partial charge in [0.1, 0.15) is 5.75 Å². The third kappa shape index (κ3) is 3.07. The molecule has 0 aromatic heterocycles. The van der Waals surface area contributed by atoms with Crippen LogP contribution in [-0.4, -0.2) is 72.1 Å². The number of guanidine groups is 1. The number of benzene rings is 1. The van der Waals surface area contributed by atoms with Crippen LogP contribution in [0.3, 0.4) is 0 Å². The van der Waals surface area contributed by atoms with Gasteiger partial charge in [-0.3, -0.25) is 10.1 Å². The summed E-state index contributed by atoms with van der Waals surface area (Å²) in [6.07, 6.45) is 1.44. The van der Waals surface area contributed by atoms with Crippen molar-refractivity contribution in [3.8, 4) is 5.75 Å². The molecule has 1 aromatic rings. The fourth-order valence-corrected chi connectivity index (χ4v) is 3.69. The molecule has 1 aromatic carbocycles. The van der Waals surface area contributed by atoms with Crippen LogP contribution in [0.5, 0.6) is 5.75 Å². The predicted octanol–water partition coefficient (Wildman–Crippen LogP) is 0.510. The minimum absolute atomic E-state index is 0.310. The Balaban J connectivity index is 1.37. The van der Waals surface area contributed by atoms with Gasteiger partial charge in [-0.1, -0.05) is 12.1 Å². The van der Waals surface area contributed by atoms with Gasteiger partial charge in [0.25, 0.3) is 5.91 Å². The molecule has 9 nitrogen and oxygen atoms in total. The van der Waals surface area contributed by atoms with E-state index in [0.29, 0.717) is 6.54 Å². The second-order valence-electron chi connectivity index (χ2n) is 7.05. The molecule has 3 aliphatic rings. The van der Waals surface area contributed by atoms with Crippen LogP contribution in [0.4, 0.5) is 4.79 Å². The molecule has 1 fully saturated rings. The van der Waals surface area contributed by atoms with Gasteiger partial charge in [-0.25, -0.2) is 9.79 Å². The maximum Gasteiger partial charge on any atom is 0.325 e. The molecule has 3 aliphatic heterocycles. The molecule has 148 valence electrons. The molecule has 2 atom stereocenters. The molecular weight excluding hydrogens is 360 g/mol. The SMILES string of the molecule is COc1ccc(CNCCN2C(C)=CN3C2=NC2C3C(=O)NC(=O)N2C)cc1. The number of likely N-dealkylation sites (N-methyl/N-ethyl adjacent to an activating group) is 1. The average molecular weight is 384 g/mol. The van der Waals surface area contributed by atoms with E-state index in [1.807, 2.05) is 42.3 Å². The van der Waals surface area contributed by atoms with Crippen LogP contribution in [0.25, 0.3) is 0 Å². The summed E-state index contributed by atoms with van der Waals surface area (Å²) in [7, 11) is 3.31. The van der Waals surface area contributed by atoms with Crippen molar-refractivity contribution in [2.75, 3.05) is 27.2 Å². The number of carbonyl (C=O) groups excluding carboxylic acids is 2. The summed E-state index contributed by atoms with van der Waals surface area (Å²) < 4.78 is 5.17. The van der Waals surface area contributed by atoms with Gasteiger partial charge in [0.15, 0.2) is 12.2 Å². The molecule has 2 N–H and O–H groups in total. The maximum absolute atomic E-state index is 12.3. The number of amides is 3. The Bertz CT molecular complexity index is 850. The zero-order valence-corrected chi connectivity index (χ0v) is 16.2. The third-order valence-electron chi connectivity index (χ3n) is 5.27. The van der Waals surface area contributed by atoms with Gasteiger partial charge in [-0.2, -0.15) is 0 Å². The summed E-state index contributed by atoms with van der Waals surface area (Å²) in [5.41, 5.74) is 2.20. The molecule has 0 spiro atoms. The van der Waals surface area contributed by atoms with E-state index in [2.05, 4.69) is 20.5 Å². The van der Waals surface area contributed by atoms with Crippen molar-refractivity contribution in [3.05, 3.63) is 41.7 Å². The third-order valence-corrected chi connectivity index (χ3v) is 5.27. The molecule has 9 heteroatoms. The van der Waals surface area contributed by atoms with E-state index in [1.165, 1.54) is 10.5 Å². The fraction of sp³-hybridized carbons (Fsp3) is 0.421. The van der Waals surface area contributed by atoms with E-state index in [0.717, 1.165) is 30.5 Å². The number of ether oxygens (including phenoxy) is 1. The molecule has 0 radical (unpaired) electrons. The van der Waals surface area contributed by atoms with Gasteiger partial charge in [-0.15, -0.1) is 0 Å². The summed E-state index contributed by atoms with van der Waals surface area (Å²) in [5.74, 6) is 1.25. The molecule has 2 unspecified atom stereocenters. The highest BCUT2D eigenvalue weighted by atomic mass is 16.5. The number of hydrogen-bond acceptors (Lipinski definition) is 7. The average Bonchev–Trinajstić information content (AvgIpc) is 3.19. The van der Waals surface area contributed by atoms with Crippen LogP contribution in [-0.2, 0) is 11.3 Å². The molecule has 0 aliphatic carbocycles. The second-order valence-corrected chi connectivity index (χ2v) is 7.05. The summed E-state index contributed by atoms with van der Waals surface area (Å²) in [6.45, 7) is 4.21. The second kappa shape index (κ2) is 7.16. The van der Waals surface area contributed by atoms with Crippen molar-refractivity contribution >= 4 is 17.9 Å². The van der Waals surface area contributed by atoms with Crippen LogP contribution in [0.15, 0.2) is 41.2 Å². The minimum atomic E-state index is -0.509. The molecular formula is C19H24N6O3. The van der Waals surface area contributed by atoms with Crippen LogP contribution < -0.4 is 15.4 Å². The molecule has 28 heavy (non-hydrogen) atoms. The van der Waals surface area contributed by atoms with E-state index < -0.39 is 18.2 Å². The van der Waals surface area contributed by atoms with Crippen molar-refractivity contribution < 1.29 is 14.3 Å². The van der Waals surface area contributed by atoms with Crippen LogP contribution in [0.2, 0.25) is 0 Å². The molecule has 1 saturated heterocycles. The quantitative estimate of drug-likeness (QED) is 0.695. The highest BCUT2D eigenvalue weighted by molar-refractivity contribution is 6.04. The normalized spacial score (nSPS) is 23.3. The zero-order valence-electron chi connectivity index (χ0n) is 16.2.